The van der Waals surface area contributed by atoms with E-state index in [4.69, 9.17) is 5.73 Å². The highest BCUT2D eigenvalue weighted by Gasteiger charge is 2.27. The number of carbonyl (C=O) groups is 2. The molecule has 0 fully saturated rings. The molecule has 34 heavy (non-hydrogen) atoms. The van der Waals surface area contributed by atoms with E-state index in [0.29, 0.717) is 10.6 Å². The van der Waals surface area contributed by atoms with Crippen molar-refractivity contribution in [3.8, 4) is 0 Å². The van der Waals surface area contributed by atoms with Gasteiger partial charge < -0.3 is 11.1 Å². The van der Waals surface area contributed by atoms with E-state index < -0.39 is 5.91 Å². The van der Waals surface area contributed by atoms with Crippen LogP contribution in [0.15, 0.2) is 72.8 Å². The van der Waals surface area contributed by atoms with Crippen molar-refractivity contribution in [3.05, 3.63) is 99.9 Å². The Balaban J connectivity index is 0.00000274. The zero-order valence-electron chi connectivity index (χ0n) is 18.6. The molecule has 0 spiro atoms. The van der Waals surface area contributed by atoms with Crippen LogP contribution >= 0.6 is 23.7 Å². The molecule has 3 N–H and O–H groups in total. The summed E-state index contributed by atoms with van der Waals surface area (Å²) in [5.41, 5.74) is 9.42. The molecule has 7 heteroatoms. The quantitative estimate of drug-likeness (QED) is 0.391. The second-order valence-electron chi connectivity index (χ2n) is 8.38. The van der Waals surface area contributed by atoms with Gasteiger partial charge in [-0.3, -0.25) is 14.5 Å². The summed E-state index contributed by atoms with van der Waals surface area (Å²) in [5, 5.41) is 5.72. The Bertz CT molecular complexity index is 1330. The molecule has 0 saturated heterocycles. The second kappa shape index (κ2) is 10.4. The molecule has 174 valence electrons. The zero-order valence-corrected chi connectivity index (χ0v) is 20.3. The summed E-state index contributed by atoms with van der Waals surface area (Å²) in [5.74, 6) is -0.627. The van der Waals surface area contributed by atoms with Crippen molar-refractivity contribution in [1.29, 1.82) is 0 Å². The van der Waals surface area contributed by atoms with E-state index in [1.807, 2.05) is 60.7 Å². The number of amides is 2. The number of benzene rings is 3. The van der Waals surface area contributed by atoms with Crippen molar-refractivity contribution in [3.63, 3.8) is 0 Å². The van der Waals surface area contributed by atoms with Crippen molar-refractivity contribution in [2.75, 3.05) is 11.9 Å². The lowest BCUT2D eigenvalue weighted by Gasteiger charge is -2.27. The molecular formula is C27H26ClN3O2S. The number of nitrogens with one attached hydrogen (secondary N) is 1. The molecule has 0 aliphatic carbocycles. The van der Waals surface area contributed by atoms with Crippen molar-refractivity contribution in [2.45, 2.75) is 25.9 Å². The van der Waals surface area contributed by atoms with Gasteiger partial charge in [0.2, 0.25) is 5.91 Å². The normalized spacial score (nSPS) is 13.2. The summed E-state index contributed by atoms with van der Waals surface area (Å²) in [6.07, 6.45) is 0.985. The van der Waals surface area contributed by atoms with Gasteiger partial charge in [-0.25, -0.2) is 0 Å². The standard InChI is InChI=1S/C27H25N3O2S.ClH/c28-26(32)25-22-13-14-30(16-18-7-2-1-3-8-18)17-23(22)33-27(25)29-24(31)15-20-11-6-10-19-9-4-5-12-21(19)20;/h1-12H,13-17H2,(H2,28,32)(H,29,31);1H. The number of halogens is 1. The Labute approximate surface area is 209 Å². The van der Waals surface area contributed by atoms with Gasteiger partial charge in [0, 0.05) is 24.5 Å². The van der Waals surface area contributed by atoms with Crippen LogP contribution in [0.2, 0.25) is 0 Å². The average Bonchev–Trinajstić information content (AvgIpc) is 3.17. The summed E-state index contributed by atoms with van der Waals surface area (Å²) in [6, 6.07) is 24.4. The van der Waals surface area contributed by atoms with Crippen LogP contribution in [-0.4, -0.2) is 23.3 Å². The minimum atomic E-state index is -0.482. The Morgan fingerprint density at radius 1 is 0.971 bits per heavy atom. The number of nitrogens with zero attached hydrogens (tertiary/aromatic N) is 1. The molecule has 0 radical (unpaired) electrons. The van der Waals surface area contributed by atoms with Crippen LogP contribution in [-0.2, 0) is 30.7 Å². The van der Waals surface area contributed by atoms with Gasteiger partial charge >= 0.3 is 0 Å². The molecule has 0 unspecified atom stereocenters. The number of hydrogen-bond donors (Lipinski definition) is 2. The minimum Gasteiger partial charge on any atom is -0.365 e. The number of thiophene rings is 1. The Morgan fingerprint density at radius 3 is 2.50 bits per heavy atom. The van der Waals surface area contributed by atoms with E-state index in [2.05, 4.69) is 22.3 Å². The smallest absolute Gasteiger partial charge is 0.251 e. The van der Waals surface area contributed by atoms with Crippen LogP contribution in [0.4, 0.5) is 5.00 Å². The fourth-order valence-corrected chi connectivity index (χ4v) is 5.88. The van der Waals surface area contributed by atoms with E-state index >= 15 is 0 Å². The van der Waals surface area contributed by atoms with Crippen molar-refractivity contribution >= 4 is 51.3 Å². The maximum atomic E-state index is 13.0. The topological polar surface area (TPSA) is 75.4 Å². The molecule has 2 amide bonds. The number of carbonyl (C=O) groups excluding carboxylic acids is 2. The highest BCUT2D eigenvalue weighted by molar-refractivity contribution is 7.17. The molecular weight excluding hydrogens is 466 g/mol. The molecule has 3 aromatic carbocycles. The lowest BCUT2D eigenvalue weighted by Crippen LogP contribution is -2.30. The van der Waals surface area contributed by atoms with Crippen LogP contribution in [0.25, 0.3) is 10.8 Å². The van der Waals surface area contributed by atoms with E-state index in [0.717, 1.165) is 52.8 Å². The first-order chi connectivity index (χ1) is 16.1. The zero-order chi connectivity index (χ0) is 22.8. The number of nitrogens with two attached hydrogens (primary N) is 1. The summed E-state index contributed by atoms with van der Waals surface area (Å²) < 4.78 is 0. The third-order valence-corrected chi connectivity index (χ3v) is 7.25. The van der Waals surface area contributed by atoms with E-state index in [-0.39, 0.29) is 24.7 Å². The molecule has 1 aromatic heterocycles. The van der Waals surface area contributed by atoms with Gasteiger partial charge in [0.1, 0.15) is 5.00 Å². The SMILES string of the molecule is Cl.NC(=O)c1c(NC(=O)Cc2cccc3ccccc23)sc2c1CCN(Cc1ccccc1)C2. The van der Waals surface area contributed by atoms with Crippen LogP contribution < -0.4 is 11.1 Å². The highest BCUT2D eigenvalue weighted by Crippen LogP contribution is 2.37. The first-order valence-electron chi connectivity index (χ1n) is 11.1. The van der Waals surface area contributed by atoms with Gasteiger partial charge in [-0.1, -0.05) is 72.8 Å². The predicted octanol–water partition coefficient (Wildman–Crippen LogP) is 5.16. The number of hydrogen-bond acceptors (Lipinski definition) is 4. The van der Waals surface area contributed by atoms with Gasteiger partial charge in [0.25, 0.3) is 5.91 Å². The van der Waals surface area contributed by atoms with Gasteiger partial charge in [0.15, 0.2) is 0 Å². The molecule has 0 atom stereocenters. The largest absolute Gasteiger partial charge is 0.365 e. The Hall–Kier alpha value is -3.19. The van der Waals surface area contributed by atoms with Crippen LogP contribution in [0.5, 0.6) is 0 Å². The van der Waals surface area contributed by atoms with E-state index in [1.165, 1.54) is 16.9 Å². The summed E-state index contributed by atoms with van der Waals surface area (Å²) >= 11 is 1.47. The number of primary amides is 1. The van der Waals surface area contributed by atoms with Crippen molar-refractivity contribution in [2.24, 2.45) is 5.73 Å². The molecule has 2 heterocycles. The first kappa shape index (κ1) is 24.0. The summed E-state index contributed by atoms with van der Waals surface area (Å²) in [4.78, 5) is 28.7. The van der Waals surface area contributed by atoms with Gasteiger partial charge in [-0.05, 0) is 33.9 Å². The third-order valence-electron chi connectivity index (χ3n) is 6.12. The maximum Gasteiger partial charge on any atom is 0.251 e. The minimum absolute atomic E-state index is 0. The molecule has 5 rings (SSSR count). The molecule has 1 aliphatic heterocycles. The molecule has 1 aliphatic rings. The lowest BCUT2D eigenvalue weighted by molar-refractivity contribution is -0.115. The fraction of sp³-hybridized carbons (Fsp3) is 0.185. The third kappa shape index (κ3) is 4.99. The summed E-state index contributed by atoms with van der Waals surface area (Å²) in [7, 11) is 0. The Kier molecular flexibility index (Phi) is 7.32. The van der Waals surface area contributed by atoms with Gasteiger partial charge in [0.05, 0.1) is 12.0 Å². The van der Waals surface area contributed by atoms with E-state index in [9.17, 15) is 9.59 Å². The lowest BCUT2D eigenvalue weighted by atomic mass is 10.0. The number of rotatable bonds is 6. The highest BCUT2D eigenvalue weighted by atomic mass is 35.5. The number of fused-ring (bicyclic) bond motifs is 2. The Morgan fingerprint density at radius 2 is 1.71 bits per heavy atom. The van der Waals surface area contributed by atoms with Crippen molar-refractivity contribution < 1.29 is 9.59 Å². The molecule has 0 saturated carbocycles. The average molecular weight is 492 g/mol. The van der Waals surface area contributed by atoms with Crippen LogP contribution in [0, 0.1) is 0 Å². The van der Waals surface area contributed by atoms with E-state index in [1.54, 1.807) is 0 Å². The second-order valence-corrected chi connectivity index (χ2v) is 9.49. The number of anilines is 1. The van der Waals surface area contributed by atoms with Gasteiger partial charge in [-0.2, -0.15) is 0 Å². The van der Waals surface area contributed by atoms with Gasteiger partial charge in [-0.15, -0.1) is 23.7 Å². The summed E-state index contributed by atoms with van der Waals surface area (Å²) in [6.45, 7) is 2.45. The monoisotopic (exact) mass is 491 g/mol. The molecule has 5 nitrogen and oxygen atoms in total. The first-order valence-corrected chi connectivity index (χ1v) is 11.9. The van der Waals surface area contributed by atoms with Crippen LogP contribution in [0.1, 0.15) is 31.9 Å². The molecule has 0 bridgehead atoms. The maximum absolute atomic E-state index is 13.0. The molecule has 4 aromatic rings. The fourth-order valence-electron chi connectivity index (χ4n) is 4.57. The van der Waals surface area contributed by atoms with Crippen molar-refractivity contribution in [1.82, 2.24) is 4.90 Å². The van der Waals surface area contributed by atoms with Crippen LogP contribution in [0.3, 0.4) is 0 Å². The predicted molar refractivity (Wildman–Crippen MR) is 141 cm³/mol.